The molecule has 1 aliphatic carbocycles. The minimum absolute atomic E-state index is 0.0750. The summed E-state index contributed by atoms with van der Waals surface area (Å²) in [5, 5.41) is 15.9. The lowest BCUT2D eigenvalue weighted by atomic mass is 9.98. The second-order valence-corrected chi connectivity index (χ2v) is 8.92. The zero-order chi connectivity index (χ0) is 19.2. The van der Waals surface area contributed by atoms with Gasteiger partial charge in [-0.2, -0.15) is 22.0 Å². The van der Waals surface area contributed by atoms with Crippen LogP contribution in [0.15, 0.2) is 12.1 Å². The minimum Gasteiger partial charge on any atom is -0.368 e. The molecule has 8 nitrogen and oxygen atoms in total. The van der Waals surface area contributed by atoms with Crippen molar-refractivity contribution in [2.75, 3.05) is 25.0 Å². The van der Waals surface area contributed by atoms with E-state index in [2.05, 4.69) is 20.6 Å². The van der Waals surface area contributed by atoms with Crippen LogP contribution in [0.3, 0.4) is 0 Å². The van der Waals surface area contributed by atoms with Gasteiger partial charge in [0.2, 0.25) is 0 Å². The van der Waals surface area contributed by atoms with Crippen LogP contribution in [0, 0.1) is 5.92 Å². The molecule has 1 aliphatic heterocycles. The molecule has 0 aromatic carbocycles. The van der Waals surface area contributed by atoms with Crippen LogP contribution < -0.4 is 5.32 Å². The van der Waals surface area contributed by atoms with Crippen molar-refractivity contribution in [3.05, 3.63) is 18.0 Å². The van der Waals surface area contributed by atoms with Gasteiger partial charge in [-0.3, -0.25) is 0 Å². The van der Waals surface area contributed by atoms with E-state index in [9.17, 15) is 21.6 Å². The van der Waals surface area contributed by atoms with Crippen molar-refractivity contribution in [2.24, 2.45) is 5.92 Å². The molecule has 1 saturated heterocycles. The van der Waals surface area contributed by atoms with Crippen molar-refractivity contribution in [1.82, 2.24) is 24.1 Å². The maximum Gasteiger partial charge on any atom is 0.511 e. The highest BCUT2D eigenvalue weighted by Gasteiger charge is 2.50. The third-order valence-corrected chi connectivity index (χ3v) is 6.64. The quantitative estimate of drug-likeness (QED) is 0.819. The molecule has 2 aromatic heterocycles. The molecular formula is C15H19F3N6O2S. The van der Waals surface area contributed by atoms with E-state index in [-0.39, 0.29) is 19.0 Å². The van der Waals surface area contributed by atoms with E-state index in [1.54, 1.807) is 10.6 Å². The van der Waals surface area contributed by atoms with Crippen molar-refractivity contribution < 1.29 is 21.6 Å². The monoisotopic (exact) mass is 404 g/mol. The van der Waals surface area contributed by atoms with Crippen molar-refractivity contribution in [1.29, 1.82) is 0 Å². The van der Waals surface area contributed by atoms with Crippen LogP contribution in [-0.2, 0) is 10.0 Å². The largest absolute Gasteiger partial charge is 0.511 e. The van der Waals surface area contributed by atoms with Gasteiger partial charge in [0.1, 0.15) is 5.82 Å². The zero-order valence-corrected chi connectivity index (χ0v) is 15.2. The number of nitrogens with zero attached hydrogens (tertiary/aromatic N) is 5. The number of sulfonamides is 1. The van der Waals surface area contributed by atoms with Gasteiger partial charge >= 0.3 is 15.5 Å². The van der Waals surface area contributed by atoms with Crippen LogP contribution in [0.4, 0.5) is 19.0 Å². The van der Waals surface area contributed by atoms with E-state index >= 15 is 0 Å². The van der Waals surface area contributed by atoms with Crippen molar-refractivity contribution in [2.45, 2.75) is 37.1 Å². The highest BCUT2D eigenvalue weighted by Crippen LogP contribution is 2.38. The number of alkyl halides is 3. The van der Waals surface area contributed by atoms with Crippen LogP contribution in [0.5, 0.6) is 0 Å². The first-order valence-electron chi connectivity index (χ1n) is 8.78. The first-order chi connectivity index (χ1) is 12.8. The number of piperidine rings is 1. The van der Waals surface area contributed by atoms with Gasteiger partial charge < -0.3 is 5.32 Å². The zero-order valence-electron chi connectivity index (χ0n) is 14.4. The Balaban J connectivity index is 1.35. The topological polar surface area (TPSA) is 92.5 Å². The summed E-state index contributed by atoms with van der Waals surface area (Å²) < 4.78 is 63.0. The number of hydrogen-bond acceptors (Lipinski definition) is 6. The molecule has 0 unspecified atom stereocenters. The first-order valence-corrected chi connectivity index (χ1v) is 10.2. The molecule has 0 spiro atoms. The molecular weight excluding hydrogens is 385 g/mol. The molecule has 2 aromatic rings. The summed E-state index contributed by atoms with van der Waals surface area (Å²) in [6.07, 6.45) is 2.90. The Morgan fingerprint density at radius 2 is 1.81 bits per heavy atom. The number of nitrogens with one attached hydrogen (secondary N) is 1. The lowest BCUT2D eigenvalue weighted by molar-refractivity contribution is -0.0496. The average molecular weight is 404 g/mol. The van der Waals surface area contributed by atoms with Crippen LogP contribution in [0.2, 0.25) is 0 Å². The Morgan fingerprint density at radius 3 is 2.44 bits per heavy atom. The Kier molecular flexibility index (Phi) is 4.49. The van der Waals surface area contributed by atoms with Crippen LogP contribution in [0.1, 0.15) is 37.4 Å². The third-order valence-electron chi connectivity index (χ3n) is 5.01. The lowest BCUT2D eigenvalue weighted by Gasteiger charge is -2.31. The third kappa shape index (κ3) is 3.59. The van der Waals surface area contributed by atoms with Crippen molar-refractivity contribution in [3.63, 3.8) is 0 Å². The van der Waals surface area contributed by atoms with Crippen LogP contribution in [-0.4, -0.2) is 57.7 Å². The Bertz CT molecular complexity index is 933. The Morgan fingerprint density at radius 1 is 1.11 bits per heavy atom. The second kappa shape index (κ2) is 6.59. The molecule has 2 fully saturated rings. The Hall–Kier alpha value is -1.95. The molecule has 1 saturated carbocycles. The number of aromatic nitrogens is 4. The standard InChI is InChI=1S/C15H19F3N6O2S/c16-15(17,18)27(25,26)23-7-5-10(6-8-23)9-19-12-3-4-13-20-21-14(11-1-2-11)24(13)22-12/h3-4,10-11H,1-2,5-9H2,(H,19,22). The SMILES string of the molecule is O=S(=O)(N1CCC(CNc2ccc3nnc(C4CC4)n3n2)CC1)C(F)(F)F. The summed E-state index contributed by atoms with van der Waals surface area (Å²) >= 11 is 0. The van der Waals surface area contributed by atoms with Gasteiger partial charge in [-0.1, -0.05) is 0 Å². The van der Waals surface area contributed by atoms with Gasteiger partial charge in [0.25, 0.3) is 0 Å². The fourth-order valence-corrected chi connectivity index (χ4v) is 4.23. The van der Waals surface area contributed by atoms with Crippen molar-refractivity contribution >= 4 is 21.5 Å². The smallest absolute Gasteiger partial charge is 0.368 e. The molecule has 0 atom stereocenters. The van der Waals surface area contributed by atoms with Gasteiger partial charge in [-0.25, -0.2) is 8.42 Å². The van der Waals surface area contributed by atoms with E-state index in [1.165, 1.54) is 0 Å². The molecule has 27 heavy (non-hydrogen) atoms. The summed E-state index contributed by atoms with van der Waals surface area (Å²) in [6.45, 7) is 0.259. The summed E-state index contributed by atoms with van der Waals surface area (Å²) in [5.74, 6) is 1.96. The summed E-state index contributed by atoms with van der Waals surface area (Å²) in [5.41, 5.74) is -4.57. The van der Waals surface area contributed by atoms with Gasteiger partial charge in [0.15, 0.2) is 11.5 Å². The number of rotatable bonds is 5. The normalized spacial score (nSPS) is 20.3. The lowest BCUT2D eigenvalue weighted by Crippen LogP contribution is -2.45. The van der Waals surface area contributed by atoms with Gasteiger partial charge in [0.05, 0.1) is 0 Å². The van der Waals surface area contributed by atoms with E-state index in [0.29, 0.717) is 41.1 Å². The predicted octanol–water partition coefficient (Wildman–Crippen LogP) is 1.98. The summed E-state index contributed by atoms with van der Waals surface area (Å²) in [7, 11) is -5.23. The number of anilines is 1. The fourth-order valence-electron chi connectivity index (χ4n) is 3.24. The number of halogens is 3. The van der Waals surface area contributed by atoms with E-state index in [1.807, 2.05) is 6.07 Å². The molecule has 1 N–H and O–H groups in total. The molecule has 3 heterocycles. The van der Waals surface area contributed by atoms with Gasteiger partial charge in [0, 0.05) is 25.6 Å². The maximum absolute atomic E-state index is 12.6. The van der Waals surface area contributed by atoms with Crippen molar-refractivity contribution in [3.8, 4) is 0 Å². The van der Waals surface area contributed by atoms with Crippen LogP contribution >= 0.6 is 0 Å². The minimum atomic E-state index is -5.24. The molecule has 148 valence electrons. The molecule has 2 aliphatic rings. The number of fused-ring (bicyclic) bond motifs is 1. The highest BCUT2D eigenvalue weighted by atomic mass is 32.2. The predicted molar refractivity (Wildman–Crippen MR) is 90.5 cm³/mol. The summed E-state index contributed by atoms with van der Waals surface area (Å²) in [4.78, 5) is 0. The molecule has 12 heteroatoms. The highest BCUT2D eigenvalue weighted by molar-refractivity contribution is 7.90. The molecule has 0 bridgehead atoms. The number of hydrogen-bond donors (Lipinski definition) is 1. The van der Waals surface area contributed by atoms with Gasteiger partial charge in [-0.05, 0) is 43.7 Å². The first kappa shape index (κ1) is 18.4. The van der Waals surface area contributed by atoms with Gasteiger partial charge in [-0.15, -0.1) is 15.3 Å². The van der Waals surface area contributed by atoms with E-state index in [0.717, 1.165) is 18.7 Å². The fraction of sp³-hybridized carbons (Fsp3) is 0.667. The second-order valence-electron chi connectivity index (χ2n) is 7.00. The summed E-state index contributed by atoms with van der Waals surface area (Å²) in [6, 6.07) is 3.59. The van der Waals surface area contributed by atoms with E-state index in [4.69, 9.17) is 0 Å². The average Bonchev–Trinajstić information content (AvgIpc) is 3.38. The molecule has 0 radical (unpaired) electrons. The molecule has 4 rings (SSSR count). The van der Waals surface area contributed by atoms with E-state index < -0.39 is 15.5 Å². The maximum atomic E-state index is 12.6. The molecule has 0 amide bonds. The van der Waals surface area contributed by atoms with Crippen LogP contribution in [0.25, 0.3) is 5.65 Å². The Labute approximate surface area is 153 Å².